The van der Waals surface area contributed by atoms with Gasteiger partial charge >= 0.3 is 0 Å². The molecule has 0 spiro atoms. The Bertz CT molecular complexity index is 996. The molecule has 146 valence electrons. The van der Waals surface area contributed by atoms with Crippen LogP contribution in [0.25, 0.3) is 0 Å². The first-order chi connectivity index (χ1) is 13.4. The number of halogens is 1. The van der Waals surface area contributed by atoms with E-state index in [-0.39, 0.29) is 23.8 Å². The number of carbonyl (C=O) groups is 2. The van der Waals surface area contributed by atoms with Gasteiger partial charge in [0.05, 0.1) is 17.8 Å². The van der Waals surface area contributed by atoms with E-state index in [0.29, 0.717) is 24.3 Å². The number of aromatic nitrogens is 1. The van der Waals surface area contributed by atoms with Gasteiger partial charge in [0.25, 0.3) is 17.4 Å². The number of ether oxygens (including phenoxy) is 1. The fourth-order valence-corrected chi connectivity index (χ4v) is 2.75. The van der Waals surface area contributed by atoms with Gasteiger partial charge in [0, 0.05) is 26.3 Å². The van der Waals surface area contributed by atoms with Crippen LogP contribution >= 0.6 is 0 Å². The van der Waals surface area contributed by atoms with Crippen LogP contribution in [0.1, 0.15) is 39.6 Å². The smallest absolute Gasteiger partial charge is 0.278 e. The fraction of sp³-hybridized carbons (Fsp3) is 0.300. The maximum atomic E-state index is 13.1. The number of hydrogen-bond donors (Lipinski definition) is 1. The molecule has 1 heterocycles. The molecule has 1 N–H and O–H groups in total. The first-order valence-corrected chi connectivity index (χ1v) is 8.87. The standard InChI is InChI=1S/C20H20FN3O4/c1-3-28-17-9-16(17)23-18(25)13-8-15(19(26)22-2)20(27)24(11-13)10-12-4-6-14(21)7-5-12/h4-8,11,17H,3,9-10H2,1-2H3,(H,22,26)/t17-/m1/s1. The largest absolute Gasteiger partial charge is 0.372 e. The van der Waals surface area contributed by atoms with Gasteiger partial charge in [-0.25, -0.2) is 9.38 Å². The van der Waals surface area contributed by atoms with E-state index in [1.807, 2.05) is 6.92 Å². The first-order valence-electron chi connectivity index (χ1n) is 8.87. The predicted octanol–water partition coefficient (Wildman–Crippen LogP) is 1.79. The molecule has 0 radical (unpaired) electrons. The van der Waals surface area contributed by atoms with Crippen molar-refractivity contribution >= 4 is 17.5 Å². The topological polar surface area (TPSA) is 89.8 Å². The molecule has 2 aromatic rings. The number of rotatable bonds is 6. The first kappa shape index (κ1) is 19.6. The third-order valence-electron chi connectivity index (χ3n) is 4.29. The van der Waals surface area contributed by atoms with Crippen LogP contribution in [0.3, 0.4) is 0 Å². The molecule has 0 unspecified atom stereocenters. The molecule has 3 rings (SSSR count). The van der Waals surface area contributed by atoms with Gasteiger partial charge in [0.15, 0.2) is 0 Å². The summed E-state index contributed by atoms with van der Waals surface area (Å²) in [5.74, 6) is -1.54. The molecule has 1 aromatic carbocycles. The lowest BCUT2D eigenvalue weighted by atomic mass is 10.1. The Morgan fingerprint density at radius 1 is 1.32 bits per heavy atom. The molecular formula is C20H20FN3O4. The van der Waals surface area contributed by atoms with E-state index in [1.54, 1.807) is 0 Å². The third-order valence-corrected chi connectivity index (χ3v) is 4.29. The summed E-state index contributed by atoms with van der Waals surface area (Å²) in [6.45, 7) is 2.47. The molecule has 0 aliphatic heterocycles. The Labute approximate surface area is 160 Å². The zero-order chi connectivity index (χ0) is 20.3. The Hall–Kier alpha value is -3.13. The number of benzene rings is 1. The van der Waals surface area contributed by atoms with Gasteiger partial charge < -0.3 is 14.6 Å². The van der Waals surface area contributed by atoms with Crippen LogP contribution in [0.4, 0.5) is 4.39 Å². The highest BCUT2D eigenvalue weighted by molar-refractivity contribution is 6.13. The molecule has 0 saturated heterocycles. The molecule has 28 heavy (non-hydrogen) atoms. The van der Waals surface area contributed by atoms with E-state index < -0.39 is 23.2 Å². The van der Waals surface area contributed by atoms with Crippen LogP contribution in [0.2, 0.25) is 0 Å². The zero-order valence-electron chi connectivity index (χ0n) is 15.6. The number of aliphatic imine (C=N–C) groups is 1. The van der Waals surface area contributed by atoms with E-state index in [4.69, 9.17) is 4.74 Å². The summed E-state index contributed by atoms with van der Waals surface area (Å²) in [6, 6.07) is 6.87. The van der Waals surface area contributed by atoms with Crippen LogP contribution < -0.4 is 10.9 Å². The van der Waals surface area contributed by atoms with Gasteiger partial charge in [-0.15, -0.1) is 0 Å². The van der Waals surface area contributed by atoms with E-state index in [9.17, 15) is 18.8 Å². The number of nitrogens with one attached hydrogen (secondary N) is 1. The highest BCUT2D eigenvalue weighted by Gasteiger charge is 2.33. The molecule has 8 heteroatoms. The zero-order valence-corrected chi connectivity index (χ0v) is 15.6. The van der Waals surface area contributed by atoms with Crippen molar-refractivity contribution in [2.75, 3.05) is 13.7 Å². The van der Waals surface area contributed by atoms with Crippen molar-refractivity contribution in [2.45, 2.75) is 26.0 Å². The lowest BCUT2D eigenvalue weighted by Gasteiger charge is -2.10. The summed E-state index contributed by atoms with van der Waals surface area (Å²) in [5.41, 5.74) is 0.708. The lowest BCUT2D eigenvalue weighted by molar-refractivity contribution is 0.0961. The van der Waals surface area contributed by atoms with Crippen LogP contribution in [0, 0.1) is 5.82 Å². The Morgan fingerprint density at radius 2 is 2.04 bits per heavy atom. The second-order valence-corrected chi connectivity index (χ2v) is 6.34. The second kappa shape index (κ2) is 8.26. The van der Waals surface area contributed by atoms with Gasteiger partial charge in [0.1, 0.15) is 17.5 Å². The van der Waals surface area contributed by atoms with Crippen LogP contribution in [0.15, 0.2) is 46.3 Å². The molecule has 1 fully saturated rings. The molecule has 1 aromatic heterocycles. The maximum Gasteiger partial charge on any atom is 0.278 e. The molecule has 0 bridgehead atoms. The lowest BCUT2D eigenvalue weighted by Crippen LogP contribution is -2.32. The van der Waals surface area contributed by atoms with E-state index in [2.05, 4.69) is 10.3 Å². The second-order valence-electron chi connectivity index (χ2n) is 6.34. The fourth-order valence-electron chi connectivity index (χ4n) is 2.75. The van der Waals surface area contributed by atoms with Crippen molar-refractivity contribution in [1.82, 2.24) is 9.88 Å². The third kappa shape index (κ3) is 4.40. The van der Waals surface area contributed by atoms with E-state index in [0.717, 1.165) is 0 Å². The molecule has 7 nitrogen and oxygen atoms in total. The molecule has 2 amide bonds. The van der Waals surface area contributed by atoms with E-state index >= 15 is 0 Å². The summed E-state index contributed by atoms with van der Waals surface area (Å²) in [5, 5.41) is 2.39. The summed E-state index contributed by atoms with van der Waals surface area (Å²) in [6.07, 6.45) is 1.82. The summed E-state index contributed by atoms with van der Waals surface area (Å²) in [7, 11) is 1.40. The van der Waals surface area contributed by atoms with Gasteiger partial charge in [0.2, 0.25) is 0 Å². The van der Waals surface area contributed by atoms with Gasteiger partial charge in [-0.2, -0.15) is 0 Å². The van der Waals surface area contributed by atoms with Crippen molar-refractivity contribution in [2.24, 2.45) is 4.99 Å². The summed E-state index contributed by atoms with van der Waals surface area (Å²) >= 11 is 0. The molecule has 1 aliphatic carbocycles. The van der Waals surface area contributed by atoms with Gasteiger partial charge in [-0.1, -0.05) is 12.1 Å². The van der Waals surface area contributed by atoms with Crippen molar-refractivity contribution in [1.29, 1.82) is 0 Å². The van der Waals surface area contributed by atoms with Crippen molar-refractivity contribution < 1.29 is 18.7 Å². The number of pyridine rings is 1. The van der Waals surface area contributed by atoms with Crippen molar-refractivity contribution in [3.05, 3.63) is 69.4 Å². The van der Waals surface area contributed by atoms with Crippen LogP contribution in [-0.2, 0) is 11.3 Å². The monoisotopic (exact) mass is 385 g/mol. The highest BCUT2D eigenvalue weighted by atomic mass is 19.1. The van der Waals surface area contributed by atoms with Crippen LogP contribution in [0.5, 0.6) is 0 Å². The summed E-state index contributed by atoms with van der Waals surface area (Å²) < 4.78 is 19.7. The molecule has 1 atom stereocenters. The SMILES string of the molecule is CCO[C@@H]1CC1=NC(=O)c1cc(C(=O)NC)c(=O)n(Cc2ccc(F)cc2)c1. The number of carbonyl (C=O) groups excluding carboxylic acids is 2. The molecule has 1 saturated carbocycles. The van der Waals surface area contributed by atoms with Crippen molar-refractivity contribution in [3.63, 3.8) is 0 Å². The number of nitrogens with zero attached hydrogens (tertiary/aromatic N) is 2. The Balaban J connectivity index is 1.96. The number of amides is 2. The minimum atomic E-state index is -0.598. The van der Waals surface area contributed by atoms with Crippen LogP contribution in [-0.4, -0.2) is 41.9 Å². The predicted molar refractivity (Wildman–Crippen MR) is 101 cm³/mol. The normalized spacial score (nSPS) is 16.8. The maximum absolute atomic E-state index is 13.1. The van der Waals surface area contributed by atoms with E-state index in [1.165, 1.54) is 48.1 Å². The van der Waals surface area contributed by atoms with Gasteiger partial charge in [-0.05, 0) is 30.7 Å². The van der Waals surface area contributed by atoms with Crippen molar-refractivity contribution in [3.8, 4) is 0 Å². The average molecular weight is 385 g/mol. The molecule has 1 aliphatic rings. The number of hydrogen-bond acceptors (Lipinski definition) is 4. The average Bonchev–Trinajstić information content (AvgIpc) is 3.42. The minimum absolute atomic E-state index is 0.0857. The quantitative estimate of drug-likeness (QED) is 0.821. The Morgan fingerprint density at radius 3 is 2.68 bits per heavy atom. The summed E-state index contributed by atoms with van der Waals surface area (Å²) in [4.78, 5) is 41.3. The Kier molecular flexibility index (Phi) is 5.79. The highest BCUT2D eigenvalue weighted by Crippen LogP contribution is 2.22. The van der Waals surface area contributed by atoms with Gasteiger partial charge in [-0.3, -0.25) is 14.4 Å². The molecular weight excluding hydrogens is 365 g/mol. The minimum Gasteiger partial charge on any atom is -0.372 e.